The Morgan fingerprint density at radius 3 is 2.67 bits per heavy atom. The molecule has 1 aromatic carbocycles. The summed E-state index contributed by atoms with van der Waals surface area (Å²) in [6.07, 6.45) is -3.62. The molecule has 0 aliphatic carbocycles. The first kappa shape index (κ1) is 16.5. The van der Waals surface area contributed by atoms with Crippen molar-refractivity contribution >= 4 is 33.2 Å². The van der Waals surface area contributed by atoms with E-state index in [0.717, 1.165) is 21.1 Å². The summed E-state index contributed by atoms with van der Waals surface area (Å²) in [6.45, 7) is 1.58. The summed E-state index contributed by atoms with van der Waals surface area (Å²) in [7, 11) is 0. The molecule has 0 aliphatic heterocycles. The van der Waals surface area contributed by atoms with Crippen LogP contribution in [0.15, 0.2) is 47.1 Å². The summed E-state index contributed by atoms with van der Waals surface area (Å²) < 4.78 is 40.7. The highest BCUT2D eigenvalue weighted by Gasteiger charge is 2.31. The molecule has 0 aliphatic rings. The van der Waals surface area contributed by atoms with Gasteiger partial charge in [0.05, 0.1) is 11.3 Å². The second-order valence-corrected chi connectivity index (χ2v) is 6.07. The largest absolute Gasteiger partial charge is 0.417 e. The number of aromatic nitrogens is 2. The first-order chi connectivity index (χ1) is 11.3. The van der Waals surface area contributed by atoms with Crippen molar-refractivity contribution in [1.82, 2.24) is 9.38 Å². The summed E-state index contributed by atoms with van der Waals surface area (Å²) in [5, 5.41) is 2.67. The Balaban J connectivity index is 2.04. The average molecular weight is 398 g/mol. The van der Waals surface area contributed by atoms with Crippen LogP contribution in [0.1, 0.15) is 21.7 Å². The van der Waals surface area contributed by atoms with Gasteiger partial charge in [-0.1, -0.05) is 22.0 Å². The topological polar surface area (TPSA) is 46.4 Å². The van der Waals surface area contributed by atoms with Crippen molar-refractivity contribution in [2.24, 2.45) is 0 Å². The van der Waals surface area contributed by atoms with Crippen molar-refractivity contribution in [1.29, 1.82) is 0 Å². The van der Waals surface area contributed by atoms with E-state index in [9.17, 15) is 18.0 Å². The Labute approximate surface area is 143 Å². The number of imidazole rings is 1. The highest BCUT2D eigenvalue weighted by Crippen LogP contribution is 2.30. The lowest BCUT2D eigenvalue weighted by Crippen LogP contribution is -2.16. The minimum absolute atomic E-state index is 0.0658. The van der Waals surface area contributed by atoms with Gasteiger partial charge < -0.3 is 5.32 Å². The molecule has 24 heavy (non-hydrogen) atoms. The number of pyridine rings is 1. The molecule has 0 spiro atoms. The van der Waals surface area contributed by atoms with Crippen LogP contribution < -0.4 is 5.32 Å². The smallest absolute Gasteiger partial charge is 0.321 e. The molecule has 2 heterocycles. The quantitative estimate of drug-likeness (QED) is 0.682. The number of halogens is 4. The van der Waals surface area contributed by atoms with Gasteiger partial charge in [0.1, 0.15) is 11.3 Å². The highest BCUT2D eigenvalue weighted by molar-refractivity contribution is 9.10. The molecule has 124 valence electrons. The van der Waals surface area contributed by atoms with Crippen molar-refractivity contribution in [3.05, 3.63) is 64.0 Å². The van der Waals surface area contributed by atoms with Crippen LogP contribution in [0.5, 0.6) is 0 Å². The number of nitrogens with zero attached hydrogens (tertiary/aromatic N) is 2. The number of benzene rings is 1. The fourth-order valence-electron chi connectivity index (χ4n) is 2.36. The molecule has 0 fully saturated rings. The van der Waals surface area contributed by atoms with Crippen LogP contribution in [0, 0.1) is 6.92 Å². The Morgan fingerprint density at radius 1 is 1.25 bits per heavy atom. The van der Waals surface area contributed by atoms with E-state index in [1.807, 2.05) is 0 Å². The third-order valence-corrected chi connectivity index (χ3v) is 3.91. The number of hydrogen-bond acceptors (Lipinski definition) is 2. The molecule has 1 amide bonds. The van der Waals surface area contributed by atoms with E-state index in [1.165, 1.54) is 6.07 Å². The maximum absolute atomic E-state index is 12.9. The van der Waals surface area contributed by atoms with Gasteiger partial charge in [-0.2, -0.15) is 13.2 Å². The Bertz CT molecular complexity index is 934. The lowest BCUT2D eigenvalue weighted by molar-refractivity contribution is -0.137. The molecule has 0 saturated heterocycles. The zero-order chi connectivity index (χ0) is 17.5. The van der Waals surface area contributed by atoms with Gasteiger partial charge in [-0.25, -0.2) is 4.98 Å². The van der Waals surface area contributed by atoms with Gasteiger partial charge in [-0.3, -0.25) is 9.20 Å². The maximum Gasteiger partial charge on any atom is 0.417 e. The van der Waals surface area contributed by atoms with Gasteiger partial charge in [-0.15, -0.1) is 0 Å². The molecular weight excluding hydrogens is 387 g/mol. The number of aryl methyl sites for hydroxylation is 1. The van der Waals surface area contributed by atoms with Crippen LogP contribution in [-0.4, -0.2) is 15.3 Å². The lowest BCUT2D eigenvalue weighted by atomic mass is 10.2. The monoisotopic (exact) mass is 397 g/mol. The van der Waals surface area contributed by atoms with Crippen LogP contribution in [0.2, 0.25) is 0 Å². The zero-order valence-corrected chi connectivity index (χ0v) is 13.9. The normalized spacial score (nSPS) is 11.7. The molecule has 0 radical (unpaired) electrons. The third kappa shape index (κ3) is 3.14. The summed E-state index contributed by atoms with van der Waals surface area (Å²) in [5.41, 5.74) is 0.373. The molecule has 0 saturated carbocycles. The van der Waals surface area contributed by atoms with E-state index >= 15 is 0 Å². The first-order valence-corrected chi connectivity index (χ1v) is 7.68. The molecule has 1 N–H and O–H groups in total. The van der Waals surface area contributed by atoms with E-state index < -0.39 is 17.6 Å². The highest BCUT2D eigenvalue weighted by atomic mass is 79.9. The molecule has 0 bridgehead atoms. The molecule has 2 aromatic heterocycles. The fourth-order valence-corrected chi connectivity index (χ4v) is 2.76. The SMILES string of the molecule is Cc1nc2ccc(C(F)(F)F)cn2c1C(=O)Nc1cccc(Br)c1. The zero-order valence-electron chi connectivity index (χ0n) is 12.4. The van der Waals surface area contributed by atoms with Crippen molar-refractivity contribution < 1.29 is 18.0 Å². The Hall–Kier alpha value is -2.35. The predicted molar refractivity (Wildman–Crippen MR) is 87.0 cm³/mol. The molecule has 0 unspecified atom stereocenters. The van der Waals surface area contributed by atoms with Gasteiger partial charge in [0.15, 0.2) is 0 Å². The van der Waals surface area contributed by atoms with E-state index in [2.05, 4.69) is 26.2 Å². The van der Waals surface area contributed by atoms with Gasteiger partial charge in [0.25, 0.3) is 5.91 Å². The number of amides is 1. The molecule has 0 atom stereocenters. The van der Waals surface area contributed by atoms with Crippen LogP contribution in [-0.2, 0) is 6.18 Å². The van der Waals surface area contributed by atoms with E-state index in [0.29, 0.717) is 11.4 Å². The summed E-state index contributed by atoms with van der Waals surface area (Å²) in [4.78, 5) is 16.7. The molecule has 4 nitrogen and oxygen atoms in total. The summed E-state index contributed by atoms with van der Waals surface area (Å²) in [5.74, 6) is -0.530. The minimum atomic E-state index is -4.50. The predicted octanol–water partition coefficient (Wildman–Crippen LogP) is 4.68. The molecule has 8 heteroatoms. The molecular formula is C16H11BrF3N3O. The number of anilines is 1. The number of fused-ring (bicyclic) bond motifs is 1. The second-order valence-electron chi connectivity index (χ2n) is 5.15. The van der Waals surface area contributed by atoms with Gasteiger partial charge in [0, 0.05) is 16.4 Å². The lowest BCUT2D eigenvalue weighted by Gasteiger charge is -2.09. The molecule has 3 aromatic rings. The fraction of sp³-hybridized carbons (Fsp3) is 0.125. The van der Waals surface area contributed by atoms with Crippen molar-refractivity contribution in [2.45, 2.75) is 13.1 Å². The first-order valence-electron chi connectivity index (χ1n) is 6.88. The van der Waals surface area contributed by atoms with Crippen LogP contribution in [0.3, 0.4) is 0 Å². The number of hydrogen-bond donors (Lipinski definition) is 1. The molecule has 3 rings (SSSR count). The number of nitrogens with one attached hydrogen (secondary N) is 1. The maximum atomic E-state index is 12.9. The van der Waals surface area contributed by atoms with Crippen LogP contribution >= 0.6 is 15.9 Å². The average Bonchev–Trinajstić information content (AvgIpc) is 2.81. The van der Waals surface area contributed by atoms with E-state index in [4.69, 9.17) is 0 Å². The summed E-state index contributed by atoms with van der Waals surface area (Å²) in [6, 6.07) is 9.09. The summed E-state index contributed by atoms with van der Waals surface area (Å²) >= 11 is 3.29. The Morgan fingerprint density at radius 2 is 2.00 bits per heavy atom. The number of rotatable bonds is 2. The van der Waals surface area contributed by atoms with Crippen LogP contribution in [0.25, 0.3) is 5.65 Å². The van der Waals surface area contributed by atoms with Gasteiger partial charge in [0.2, 0.25) is 0 Å². The van der Waals surface area contributed by atoms with E-state index in [-0.39, 0.29) is 11.3 Å². The Kier molecular flexibility index (Phi) is 4.08. The number of carbonyl (C=O) groups excluding carboxylic acids is 1. The van der Waals surface area contributed by atoms with Gasteiger partial charge >= 0.3 is 6.18 Å². The number of alkyl halides is 3. The van der Waals surface area contributed by atoms with Crippen molar-refractivity contribution in [2.75, 3.05) is 5.32 Å². The van der Waals surface area contributed by atoms with Crippen molar-refractivity contribution in [3.63, 3.8) is 0 Å². The standard InChI is InChI=1S/C16H11BrF3N3O/c1-9-14(15(24)22-12-4-2-3-11(17)7-12)23-8-10(16(18,19)20)5-6-13(23)21-9/h2-8H,1H3,(H,22,24). The van der Waals surface area contributed by atoms with Crippen molar-refractivity contribution in [3.8, 4) is 0 Å². The van der Waals surface area contributed by atoms with Crippen LogP contribution in [0.4, 0.5) is 18.9 Å². The second kappa shape index (κ2) is 5.94. The van der Waals surface area contributed by atoms with Gasteiger partial charge in [-0.05, 0) is 37.3 Å². The minimum Gasteiger partial charge on any atom is -0.321 e. The number of carbonyl (C=O) groups is 1. The third-order valence-electron chi connectivity index (χ3n) is 3.42. The van der Waals surface area contributed by atoms with E-state index in [1.54, 1.807) is 31.2 Å².